The largest absolute Gasteiger partial charge is 0.481 e. The highest BCUT2D eigenvalue weighted by Crippen LogP contribution is 2.23. The number of hydrogen-bond donors (Lipinski definition) is 1. The maximum atomic E-state index is 5.52. The third-order valence-corrected chi connectivity index (χ3v) is 2.99. The molecule has 0 aliphatic rings. The summed E-state index contributed by atoms with van der Waals surface area (Å²) in [5.74, 6) is 3.31. The van der Waals surface area contributed by atoms with E-state index in [1.54, 1.807) is 0 Å². The van der Waals surface area contributed by atoms with Gasteiger partial charge in [0.05, 0.1) is 0 Å². The summed E-state index contributed by atoms with van der Waals surface area (Å²) >= 11 is 3.46. The fraction of sp³-hybridized carbons (Fsp3) is 0.467. The lowest BCUT2D eigenvalue weighted by molar-refractivity contribution is 0.144. The molecular weight excluding hydrogens is 306 g/mol. The molecule has 0 bridgehead atoms. The summed E-state index contributed by atoms with van der Waals surface area (Å²) < 4.78 is 11.8. The van der Waals surface area contributed by atoms with Crippen molar-refractivity contribution in [1.82, 2.24) is 5.32 Å². The molecule has 4 heteroatoms. The Labute approximate surface area is 123 Å². The first-order chi connectivity index (χ1) is 9.27. The molecule has 1 rings (SSSR count). The standard InChI is InChI=1S/C15H20BrNO2/c1-3-9-19-15-7-6-14(16)11-13(15)12-17-8-5-10-18-4-2/h1,6-7,11,17H,4-5,8-10,12H2,2H3. The van der Waals surface area contributed by atoms with Crippen LogP contribution in [0.1, 0.15) is 18.9 Å². The van der Waals surface area contributed by atoms with Gasteiger partial charge in [0.25, 0.3) is 0 Å². The van der Waals surface area contributed by atoms with Gasteiger partial charge in [-0.3, -0.25) is 0 Å². The van der Waals surface area contributed by atoms with Crippen molar-refractivity contribution >= 4 is 15.9 Å². The zero-order valence-electron chi connectivity index (χ0n) is 11.2. The first-order valence-corrected chi connectivity index (χ1v) is 7.20. The third-order valence-electron chi connectivity index (χ3n) is 2.50. The molecule has 104 valence electrons. The number of benzene rings is 1. The Balaban J connectivity index is 2.42. The minimum Gasteiger partial charge on any atom is -0.481 e. The number of hydrogen-bond acceptors (Lipinski definition) is 3. The molecule has 0 radical (unpaired) electrons. The molecule has 0 aliphatic heterocycles. The van der Waals surface area contributed by atoms with Gasteiger partial charge >= 0.3 is 0 Å². The van der Waals surface area contributed by atoms with Crippen molar-refractivity contribution in [2.45, 2.75) is 19.9 Å². The first kappa shape index (κ1) is 16.0. The van der Waals surface area contributed by atoms with Crippen LogP contribution in [0.25, 0.3) is 0 Å². The lowest BCUT2D eigenvalue weighted by Crippen LogP contribution is -2.17. The highest BCUT2D eigenvalue weighted by atomic mass is 79.9. The van der Waals surface area contributed by atoms with Gasteiger partial charge in [0.1, 0.15) is 12.4 Å². The molecule has 3 nitrogen and oxygen atoms in total. The van der Waals surface area contributed by atoms with Crippen LogP contribution in [0.3, 0.4) is 0 Å². The van der Waals surface area contributed by atoms with Crippen molar-refractivity contribution < 1.29 is 9.47 Å². The molecule has 0 heterocycles. The number of nitrogens with one attached hydrogen (secondary N) is 1. The maximum absolute atomic E-state index is 5.52. The molecule has 0 saturated heterocycles. The lowest BCUT2D eigenvalue weighted by Gasteiger charge is -2.11. The Morgan fingerprint density at radius 2 is 2.26 bits per heavy atom. The van der Waals surface area contributed by atoms with Gasteiger partial charge in [-0.25, -0.2) is 0 Å². The topological polar surface area (TPSA) is 30.5 Å². The van der Waals surface area contributed by atoms with E-state index in [9.17, 15) is 0 Å². The van der Waals surface area contributed by atoms with Crippen LogP contribution in [0.5, 0.6) is 5.75 Å². The van der Waals surface area contributed by atoms with Gasteiger partial charge in [0.15, 0.2) is 0 Å². The summed E-state index contributed by atoms with van der Waals surface area (Å²) in [6.45, 7) is 5.54. The predicted octanol–water partition coefficient (Wildman–Crippen LogP) is 2.98. The van der Waals surface area contributed by atoms with E-state index < -0.39 is 0 Å². The summed E-state index contributed by atoms with van der Waals surface area (Å²) in [6, 6.07) is 5.92. The molecule has 0 unspecified atom stereocenters. The van der Waals surface area contributed by atoms with Gasteiger partial charge in [0.2, 0.25) is 0 Å². The fourth-order valence-electron chi connectivity index (χ4n) is 1.61. The molecule has 0 fully saturated rings. The van der Waals surface area contributed by atoms with Crippen LogP contribution in [0.2, 0.25) is 0 Å². The molecule has 1 aromatic rings. The van der Waals surface area contributed by atoms with Crippen molar-refractivity contribution in [2.75, 3.05) is 26.4 Å². The second-order valence-electron chi connectivity index (χ2n) is 3.97. The van der Waals surface area contributed by atoms with E-state index in [1.807, 2.05) is 25.1 Å². The summed E-state index contributed by atoms with van der Waals surface area (Å²) in [5.41, 5.74) is 1.10. The molecule has 0 atom stereocenters. The summed E-state index contributed by atoms with van der Waals surface area (Å²) in [5, 5.41) is 3.37. The van der Waals surface area contributed by atoms with Crippen molar-refractivity contribution in [3.8, 4) is 18.1 Å². The quantitative estimate of drug-likeness (QED) is 0.559. The average Bonchev–Trinajstić information content (AvgIpc) is 2.42. The molecule has 0 saturated carbocycles. The van der Waals surface area contributed by atoms with E-state index in [0.717, 1.165) is 48.5 Å². The second-order valence-corrected chi connectivity index (χ2v) is 4.89. The van der Waals surface area contributed by atoms with E-state index in [2.05, 4.69) is 27.2 Å². The van der Waals surface area contributed by atoms with E-state index in [0.29, 0.717) is 6.61 Å². The van der Waals surface area contributed by atoms with E-state index in [4.69, 9.17) is 15.9 Å². The highest BCUT2D eigenvalue weighted by molar-refractivity contribution is 9.10. The molecule has 1 aromatic carbocycles. The Morgan fingerprint density at radius 1 is 1.42 bits per heavy atom. The van der Waals surface area contributed by atoms with Crippen LogP contribution in [0.4, 0.5) is 0 Å². The number of terminal acetylenes is 1. The molecule has 0 aromatic heterocycles. The van der Waals surface area contributed by atoms with Crippen LogP contribution < -0.4 is 10.1 Å². The van der Waals surface area contributed by atoms with Crippen LogP contribution in [-0.4, -0.2) is 26.4 Å². The monoisotopic (exact) mass is 325 g/mol. The Kier molecular flexibility index (Phi) is 8.31. The van der Waals surface area contributed by atoms with Crippen LogP contribution >= 0.6 is 15.9 Å². The van der Waals surface area contributed by atoms with Crippen molar-refractivity contribution in [3.63, 3.8) is 0 Å². The van der Waals surface area contributed by atoms with E-state index >= 15 is 0 Å². The molecule has 0 spiro atoms. The van der Waals surface area contributed by atoms with E-state index in [1.165, 1.54) is 0 Å². The van der Waals surface area contributed by atoms with Gasteiger partial charge < -0.3 is 14.8 Å². The lowest BCUT2D eigenvalue weighted by atomic mass is 10.2. The third kappa shape index (κ3) is 6.63. The summed E-state index contributed by atoms with van der Waals surface area (Å²) in [7, 11) is 0. The van der Waals surface area contributed by atoms with Gasteiger partial charge in [-0.05, 0) is 38.1 Å². The van der Waals surface area contributed by atoms with Crippen LogP contribution in [0.15, 0.2) is 22.7 Å². The number of rotatable bonds is 9. The van der Waals surface area contributed by atoms with Crippen LogP contribution in [0, 0.1) is 12.3 Å². The zero-order valence-corrected chi connectivity index (χ0v) is 12.8. The first-order valence-electron chi connectivity index (χ1n) is 6.41. The second kappa shape index (κ2) is 9.85. The predicted molar refractivity (Wildman–Crippen MR) is 81.3 cm³/mol. The normalized spacial score (nSPS) is 10.2. The van der Waals surface area contributed by atoms with E-state index in [-0.39, 0.29) is 0 Å². The van der Waals surface area contributed by atoms with Crippen molar-refractivity contribution in [2.24, 2.45) is 0 Å². The molecule has 0 amide bonds. The smallest absolute Gasteiger partial charge is 0.148 e. The summed E-state index contributed by atoms with van der Waals surface area (Å²) in [4.78, 5) is 0. The Hall–Kier alpha value is -1.02. The fourth-order valence-corrected chi connectivity index (χ4v) is 2.02. The zero-order chi connectivity index (χ0) is 13.9. The maximum Gasteiger partial charge on any atom is 0.148 e. The summed E-state index contributed by atoms with van der Waals surface area (Å²) in [6.07, 6.45) is 6.21. The molecule has 1 N–H and O–H groups in total. The van der Waals surface area contributed by atoms with Gasteiger partial charge in [-0.2, -0.15) is 0 Å². The van der Waals surface area contributed by atoms with Crippen molar-refractivity contribution in [3.05, 3.63) is 28.2 Å². The minimum atomic E-state index is 0.291. The molecule has 0 aliphatic carbocycles. The van der Waals surface area contributed by atoms with Gasteiger partial charge in [-0.1, -0.05) is 21.9 Å². The minimum absolute atomic E-state index is 0.291. The Morgan fingerprint density at radius 3 is 3.00 bits per heavy atom. The number of ether oxygens (including phenoxy) is 2. The van der Waals surface area contributed by atoms with Gasteiger partial charge in [-0.15, -0.1) is 6.42 Å². The number of halogens is 1. The molecular formula is C15H20BrNO2. The highest BCUT2D eigenvalue weighted by Gasteiger charge is 2.04. The van der Waals surface area contributed by atoms with Crippen molar-refractivity contribution in [1.29, 1.82) is 0 Å². The van der Waals surface area contributed by atoms with Gasteiger partial charge in [0, 0.05) is 29.8 Å². The average molecular weight is 326 g/mol. The van der Waals surface area contributed by atoms with Crippen LogP contribution in [-0.2, 0) is 11.3 Å². The Bertz CT molecular complexity index is 415. The SMILES string of the molecule is C#CCOc1ccc(Br)cc1CNCCCOCC. The molecule has 19 heavy (non-hydrogen) atoms.